The Morgan fingerprint density at radius 1 is 0.970 bits per heavy atom. The molecule has 1 unspecified atom stereocenters. The van der Waals surface area contributed by atoms with Gasteiger partial charge in [0.1, 0.15) is 6.04 Å². The number of nitrogens with zero attached hydrogens (tertiary/aromatic N) is 2. The highest BCUT2D eigenvalue weighted by Gasteiger charge is 2.42. The van der Waals surface area contributed by atoms with E-state index in [0.717, 1.165) is 5.56 Å². The fraction of sp³-hybridized carbons (Fsp3) is 0.375. The molecule has 174 valence electrons. The summed E-state index contributed by atoms with van der Waals surface area (Å²) >= 11 is 0. The monoisotopic (exact) mass is 470 g/mol. The summed E-state index contributed by atoms with van der Waals surface area (Å²) in [6.07, 6.45) is 1.12. The fourth-order valence-electron chi connectivity index (χ4n) is 4.53. The Labute approximate surface area is 193 Å². The Kier molecular flexibility index (Phi) is 6.36. The predicted octanol–water partition coefficient (Wildman–Crippen LogP) is 2.42. The number of rotatable bonds is 5. The molecule has 2 aromatic carbocycles. The average molecular weight is 471 g/mol. The standard InChI is InChI=1S/C24H26N2O6S/c1-16(27)17-7-9-20(10-8-17)33(30,31)25-13-11-18(12-14-25)23(28)26-21-6-4-3-5-19(21)15-22(26)24(29)32-2/h3-10,18,22H,11-15H2,1-2H3. The lowest BCUT2D eigenvalue weighted by molar-refractivity contribution is -0.143. The SMILES string of the molecule is COC(=O)C1Cc2ccccc2N1C(=O)C1CCN(S(=O)(=O)c2ccc(C(C)=O)cc2)CC1. The van der Waals surface area contributed by atoms with Gasteiger partial charge in [0.05, 0.1) is 12.0 Å². The average Bonchev–Trinajstić information content (AvgIpc) is 3.23. The molecule has 0 bridgehead atoms. The van der Waals surface area contributed by atoms with Crippen LogP contribution in [0.3, 0.4) is 0 Å². The lowest BCUT2D eigenvalue weighted by Crippen LogP contribution is -2.49. The van der Waals surface area contributed by atoms with E-state index in [9.17, 15) is 22.8 Å². The second kappa shape index (κ2) is 9.07. The van der Waals surface area contributed by atoms with E-state index in [1.807, 2.05) is 24.3 Å². The number of benzene rings is 2. The number of piperidine rings is 1. The maximum Gasteiger partial charge on any atom is 0.329 e. The highest BCUT2D eigenvalue weighted by molar-refractivity contribution is 7.89. The third-order valence-corrected chi connectivity index (χ3v) is 8.30. The highest BCUT2D eigenvalue weighted by Crippen LogP contribution is 2.35. The Bertz CT molecular complexity index is 1180. The van der Waals surface area contributed by atoms with Crippen LogP contribution in [0.25, 0.3) is 0 Å². The molecule has 0 aliphatic carbocycles. The number of carbonyl (C=O) groups excluding carboxylic acids is 3. The van der Waals surface area contributed by atoms with E-state index < -0.39 is 28.0 Å². The van der Waals surface area contributed by atoms with Gasteiger partial charge in [0.25, 0.3) is 0 Å². The zero-order valence-corrected chi connectivity index (χ0v) is 19.4. The minimum absolute atomic E-state index is 0.122. The van der Waals surface area contributed by atoms with Crippen LogP contribution in [0.5, 0.6) is 0 Å². The van der Waals surface area contributed by atoms with Crippen molar-refractivity contribution in [1.29, 1.82) is 0 Å². The molecule has 2 aliphatic heterocycles. The van der Waals surface area contributed by atoms with E-state index in [1.54, 1.807) is 0 Å². The number of amides is 1. The van der Waals surface area contributed by atoms with E-state index in [4.69, 9.17) is 4.74 Å². The number of hydrogen-bond donors (Lipinski definition) is 0. The molecule has 8 nitrogen and oxygen atoms in total. The quantitative estimate of drug-likeness (QED) is 0.491. The van der Waals surface area contributed by atoms with Crippen LogP contribution in [-0.4, -0.2) is 56.6 Å². The first-order valence-corrected chi connectivity index (χ1v) is 12.3. The van der Waals surface area contributed by atoms with Gasteiger partial charge in [0.2, 0.25) is 15.9 Å². The zero-order valence-electron chi connectivity index (χ0n) is 18.6. The summed E-state index contributed by atoms with van der Waals surface area (Å²) < 4.78 is 32.4. The molecule has 0 spiro atoms. The number of fused-ring (bicyclic) bond motifs is 1. The minimum Gasteiger partial charge on any atom is -0.467 e. The van der Waals surface area contributed by atoms with E-state index in [0.29, 0.717) is 30.5 Å². The van der Waals surface area contributed by atoms with Crippen LogP contribution in [0.4, 0.5) is 5.69 Å². The largest absolute Gasteiger partial charge is 0.467 e. The summed E-state index contributed by atoms with van der Waals surface area (Å²) in [5, 5.41) is 0. The molecule has 0 N–H and O–H groups in total. The number of esters is 1. The van der Waals surface area contributed by atoms with Crippen LogP contribution in [0.15, 0.2) is 53.4 Å². The molecular weight excluding hydrogens is 444 g/mol. The number of sulfonamides is 1. The Hall–Kier alpha value is -3.04. The lowest BCUT2D eigenvalue weighted by Gasteiger charge is -2.34. The van der Waals surface area contributed by atoms with Gasteiger partial charge in [-0.15, -0.1) is 0 Å². The Morgan fingerprint density at radius 3 is 2.21 bits per heavy atom. The molecule has 1 saturated heterocycles. The highest BCUT2D eigenvalue weighted by atomic mass is 32.2. The third kappa shape index (κ3) is 4.30. The molecular formula is C24H26N2O6S. The zero-order chi connectivity index (χ0) is 23.8. The van der Waals surface area contributed by atoms with Gasteiger partial charge in [-0.3, -0.25) is 14.5 Å². The number of ether oxygens (including phenoxy) is 1. The Balaban J connectivity index is 1.48. The van der Waals surface area contributed by atoms with E-state index >= 15 is 0 Å². The maximum atomic E-state index is 13.4. The molecule has 2 aromatic rings. The predicted molar refractivity (Wildman–Crippen MR) is 121 cm³/mol. The van der Waals surface area contributed by atoms with E-state index in [2.05, 4.69) is 0 Å². The number of para-hydroxylation sites is 1. The van der Waals surface area contributed by atoms with Crippen LogP contribution < -0.4 is 4.90 Å². The topological polar surface area (TPSA) is 101 Å². The second-order valence-corrected chi connectivity index (χ2v) is 10.3. The Morgan fingerprint density at radius 2 is 1.61 bits per heavy atom. The molecule has 0 radical (unpaired) electrons. The minimum atomic E-state index is -3.73. The molecule has 0 saturated carbocycles. The van der Waals surface area contributed by atoms with Crippen molar-refractivity contribution in [2.45, 2.75) is 37.1 Å². The van der Waals surface area contributed by atoms with E-state index in [-0.39, 0.29) is 29.7 Å². The van der Waals surface area contributed by atoms with Crippen molar-refractivity contribution in [2.24, 2.45) is 5.92 Å². The van der Waals surface area contributed by atoms with Crippen LogP contribution >= 0.6 is 0 Å². The first-order valence-electron chi connectivity index (χ1n) is 10.8. The lowest BCUT2D eigenvalue weighted by atomic mass is 9.96. The van der Waals surface area contributed by atoms with E-state index in [1.165, 1.54) is 47.5 Å². The van der Waals surface area contributed by atoms with Crippen molar-refractivity contribution >= 4 is 33.4 Å². The second-order valence-electron chi connectivity index (χ2n) is 8.34. The number of anilines is 1. The van der Waals surface area contributed by atoms with Gasteiger partial charge in [-0.2, -0.15) is 4.31 Å². The number of ketones is 1. The molecule has 0 aromatic heterocycles. The summed E-state index contributed by atoms with van der Waals surface area (Å²) in [6, 6.07) is 12.6. The molecule has 1 fully saturated rings. The molecule has 2 heterocycles. The van der Waals surface area contributed by atoms with Crippen molar-refractivity contribution in [3.63, 3.8) is 0 Å². The van der Waals surface area contributed by atoms with Crippen molar-refractivity contribution < 1.29 is 27.5 Å². The molecule has 2 aliphatic rings. The van der Waals surface area contributed by atoms with Crippen molar-refractivity contribution in [1.82, 2.24) is 4.31 Å². The van der Waals surface area contributed by atoms with Gasteiger partial charge >= 0.3 is 5.97 Å². The van der Waals surface area contributed by atoms with Gasteiger partial charge < -0.3 is 4.74 Å². The third-order valence-electron chi connectivity index (χ3n) is 6.39. The molecule has 1 atom stereocenters. The van der Waals surface area contributed by atoms with Gasteiger partial charge in [-0.1, -0.05) is 30.3 Å². The summed E-state index contributed by atoms with van der Waals surface area (Å²) in [6.45, 7) is 1.83. The van der Waals surface area contributed by atoms with Crippen LogP contribution in [-0.2, 0) is 30.8 Å². The number of carbonyl (C=O) groups is 3. The first kappa shape index (κ1) is 23.1. The van der Waals surface area contributed by atoms with Crippen molar-refractivity contribution in [3.05, 3.63) is 59.7 Å². The van der Waals surface area contributed by atoms with Crippen LogP contribution in [0, 0.1) is 5.92 Å². The van der Waals surface area contributed by atoms with Gasteiger partial charge in [-0.25, -0.2) is 13.2 Å². The fourth-order valence-corrected chi connectivity index (χ4v) is 6.00. The summed E-state index contributed by atoms with van der Waals surface area (Å²) in [5.41, 5.74) is 2.07. The first-order chi connectivity index (χ1) is 15.7. The summed E-state index contributed by atoms with van der Waals surface area (Å²) in [7, 11) is -2.42. The van der Waals surface area contributed by atoms with Crippen molar-refractivity contribution in [3.8, 4) is 0 Å². The number of Topliss-reactive ketones (excluding diaryl/α,β-unsaturated/α-hetero) is 1. The van der Waals surface area contributed by atoms with Crippen LogP contribution in [0.2, 0.25) is 0 Å². The molecule has 33 heavy (non-hydrogen) atoms. The number of hydrogen-bond acceptors (Lipinski definition) is 6. The normalized spacial score (nSPS) is 19.2. The molecule has 4 rings (SSSR count). The molecule has 1 amide bonds. The van der Waals surface area contributed by atoms with Crippen molar-refractivity contribution in [2.75, 3.05) is 25.1 Å². The smallest absolute Gasteiger partial charge is 0.329 e. The van der Waals surface area contributed by atoms with Gasteiger partial charge in [0.15, 0.2) is 5.78 Å². The number of methoxy groups -OCH3 is 1. The summed E-state index contributed by atoms with van der Waals surface area (Å²) in [5.74, 6) is -1.17. The van der Waals surface area contributed by atoms with Gasteiger partial charge in [-0.05, 0) is 43.5 Å². The molecule has 9 heteroatoms. The van der Waals surface area contributed by atoms with Crippen LogP contribution in [0.1, 0.15) is 35.7 Å². The summed E-state index contributed by atoms with van der Waals surface area (Å²) in [4.78, 5) is 38.9. The maximum absolute atomic E-state index is 13.4. The van der Waals surface area contributed by atoms with Gasteiger partial charge in [0, 0.05) is 36.7 Å².